The number of halogens is 1. The summed E-state index contributed by atoms with van der Waals surface area (Å²) < 4.78 is 5.30. The quantitative estimate of drug-likeness (QED) is 0.845. The normalized spacial score (nSPS) is 12.2. The Morgan fingerprint density at radius 1 is 1.53 bits per heavy atom. The van der Waals surface area contributed by atoms with Gasteiger partial charge in [0.1, 0.15) is 11.8 Å². The number of carboxylic acid groups (broad SMARTS) is 1. The van der Waals surface area contributed by atoms with Crippen molar-refractivity contribution in [3.8, 4) is 5.75 Å². The molecule has 0 amide bonds. The Bertz CT molecular complexity index is 420. The first-order valence-electron chi connectivity index (χ1n) is 5.33. The number of methoxy groups -OCH3 is 1. The summed E-state index contributed by atoms with van der Waals surface area (Å²) in [7, 11) is 1.55. The summed E-state index contributed by atoms with van der Waals surface area (Å²) in [6, 6.07) is 2.56. The molecule has 5 heteroatoms. The minimum atomic E-state index is -1.04. The van der Waals surface area contributed by atoms with E-state index < -0.39 is 12.0 Å². The molecule has 0 aliphatic rings. The summed E-state index contributed by atoms with van der Waals surface area (Å²) in [5.74, 6) is -0.362. The van der Waals surface area contributed by atoms with Crippen molar-refractivity contribution in [2.45, 2.75) is 25.8 Å². The molecule has 4 nitrogen and oxygen atoms in total. The summed E-state index contributed by atoms with van der Waals surface area (Å²) in [6.45, 7) is 1.98. The van der Waals surface area contributed by atoms with Crippen LogP contribution >= 0.6 is 11.6 Å². The molecule has 0 aliphatic carbocycles. The number of carbonyl (C=O) groups is 1. The van der Waals surface area contributed by atoms with Gasteiger partial charge < -0.3 is 15.6 Å². The first-order valence-corrected chi connectivity index (χ1v) is 5.71. The van der Waals surface area contributed by atoms with E-state index >= 15 is 0 Å². The molecule has 0 bridgehead atoms. The van der Waals surface area contributed by atoms with Gasteiger partial charge in [-0.1, -0.05) is 18.5 Å². The third kappa shape index (κ3) is 3.35. The predicted molar refractivity (Wildman–Crippen MR) is 66.7 cm³/mol. The fourth-order valence-corrected chi connectivity index (χ4v) is 1.98. The van der Waals surface area contributed by atoms with E-state index in [1.165, 1.54) is 0 Å². The zero-order chi connectivity index (χ0) is 13.0. The van der Waals surface area contributed by atoms with Crippen molar-refractivity contribution in [1.82, 2.24) is 0 Å². The van der Waals surface area contributed by atoms with Crippen LogP contribution in [-0.4, -0.2) is 24.2 Å². The number of nitrogens with two attached hydrogens (primary N) is 1. The lowest BCUT2D eigenvalue weighted by Gasteiger charge is -2.15. The third-order valence-electron chi connectivity index (χ3n) is 2.55. The molecule has 0 heterocycles. The number of carboxylic acids is 1. The van der Waals surface area contributed by atoms with Crippen LogP contribution in [0.5, 0.6) is 5.75 Å². The highest BCUT2D eigenvalue weighted by atomic mass is 35.5. The molecule has 3 N–H and O–H groups in total. The van der Waals surface area contributed by atoms with Crippen molar-refractivity contribution < 1.29 is 14.6 Å². The van der Waals surface area contributed by atoms with Crippen LogP contribution in [0.4, 0.5) is 0 Å². The molecule has 0 saturated carbocycles. The molecule has 94 valence electrons. The second-order valence-electron chi connectivity index (χ2n) is 3.76. The average molecular weight is 258 g/mol. The summed E-state index contributed by atoms with van der Waals surface area (Å²) >= 11 is 5.98. The fourth-order valence-electron chi connectivity index (χ4n) is 1.71. The standard InChI is InChI=1S/C12H16ClNO3/c1-3-7-4-9(13)5-8(11(7)17-2)6-10(14)12(15)16/h4-5,10H,3,6,14H2,1-2H3,(H,15,16). The predicted octanol–water partition coefficient (Wildman–Crippen LogP) is 1.87. The van der Waals surface area contributed by atoms with Crippen molar-refractivity contribution in [3.05, 3.63) is 28.3 Å². The first kappa shape index (κ1) is 13.8. The van der Waals surface area contributed by atoms with Gasteiger partial charge in [0, 0.05) is 11.4 Å². The molecule has 1 unspecified atom stereocenters. The largest absolute Gasteiger partial charge is 0.496 e. The smallest absolute Gasteiger partial charge is 0.320 e. The molecular weight excluding hydrogens is 242 g/mol. The van der Waals surface area contributed by atoms with Crippen LogP contribution in [0.3, 0.4) is 0 Å². The number of ether oxygens (including phenoxy) is 1. The van der Waals surface area contributed by atoms with E-state index in [1.807, 2.05) is 13.0 Å². The number of rotatable bonds is 5. The van der Waals surface area contributed by atoms with Crippen molar-refractivity contribution in [1.29, 1.82) is 0 Å². The molecule has 0 aliphatic heterocycles. The van der Waals surface area contributed by atoms with E-state index in [9.17, 15) is 4.79 Å². The number of aryl methyl sites for hydroxylation is 1. The van der Waals surface area contributed by atoms with Gasteiger partial charge in [0.2, 0.25) is 0 Å². The summed E-state index contributed by atoms with van der Waals surface area (Å²) in [5.41, 5.74) is 7.20. The lowest BCUT2D eigenvalue weighted by atomic mass is 10.0. The SMILES string of the molecule is CCc1cc(Cl)cc(CC(N)C(=O)O)c1OC. The minimum absolute atomic E-state index is 0.200. The van der Waals surface area contributed by atoms with Gasteiger partial charge in [-0.3, -0.25) is 4.79 Å². The summed E-state index contributed by atoms with van der Waals surface area (Å²) in [6.07, 6.45) is 0.963. The highest BCUT2D eigenvalue weighted by Crippen LogP contribution is 2.29. The van der Waals surface area contributed by atoms with Crippen molar-refractivity contribution >= 4 is 17.6 Å². The average Bonchev–Trinajstić information content (AvgIpc) is 2.27. The summed E-state index contributed by atoms with van der Waals surface area (Å²) in [5, 5.41) is 9.37. The van der Waals surface area contributed by atoms with Crippen molar-refractivity contribution in [3.63, 3.8) is 0 Å². The topological polar surface area (TPSA) is 72.6 Å². The Morgan fingerprint density at radius 2 is 2.12 bits per heavy atom. The lowest BCUT2D eigenvalue weighted by Crippen LogP contribution is -2.32. The van der Waals surface area contributed by atoms with Gasteiger partial charge in [0.25, 0.3) is 0 Å². The second kappa shape index (κ2) is 5.89. The Hall–Kier alpha value is -1.26. The van der Waals surface area contributed by atoms with Crippen LogP contribution in [0.25, 0.3) is 0 Å². The van der Waals surface area contributed by atoms with Gasteiger partial charge in [-0.15, -0.1) is 0 Å². The number of hydrogen-bond acceptors (Lipinski definition) is 3. The zero-order valence-electron chi connectivity index (χ0n) is 9.87. The van der Waals surface area contributed by atoms with Gasteiger partial charge in [-0.25, -0.2) is 0 Å². The number of aliphatic carboxylic acids is 1. The van der Waals surface area contributed by atoms with Crippen LogP contribution in [0.1, 0.15) is 18.1 Å². The van der Waals surface area contributed by atoms with Crippen LogP contribution in [0.15, 0.2) is 12.1 Å². The van der Waals surface area contributed by atoms with Crippen molar-refractivity contribution in [2.75, 3.05) is 7.11 Å². The molecule has 0 fully saturated rings. The Morgan fingerprint density at radius 3 is 2.59 bits per heavy atom. The lowest BCUT2D eigenvalue weighted by molar-refractivity contribution is -0.138. The van der Waals surface area contributed by atoms with Crippen molar-refractivity contribution in [2.24, 2.45) is 5.73 Å². The number of hydrogen-bond donors (Lipinski definition) is 2. The fraction of sp³-hybridized carbons (Fsp3) is 0.417. The molecule has 0 saturated heterocycles. The first-order chi connectivity index (χ1) is 7.99. The van der Waals surface area contributed by atoms with Gasteiger partial charge in [-0.2, -0.15) is 0 Å². The van der Waals surface area contributed by atoms with Crippen LogP contribution in [-0.2, 0) is 17.6 Å². The second-order valence-corrected chi connectivity index (χ2v) is 4.20. The maximum Gasteiger partial charge on any atom is 0.320 e. The van der Waals surface area contributed by atoms with Crippen LogP contribution in [0, 0.1) is 0 Å². The molecule has 0 aromatic heterocycles. The van der Waals surface area contributed by atoms with E-state index in [0.717, 1.165) is 17.5 Å². The van der Waals surface area contributed by atoms with E-state index in [0.29, 0.717) is 10.8 Å². The Labute approximate surface area is 105 Å². The molecule has 1 atom stereocenters. The van der Waals surface area contributed by atoms with E-state index in [-0.39, 0.29) is 6.42 Å². The van der Waals surface area contributed by atoms with Crippen LogP contribution in [0.2, 0.25) is 5.02 Å². The third-order valence-corrected chi connectivity index (χ3v) is 2.77. The molecule has 1 aromatic rings. The monoisotopic (exact) mass is 257 g/mol. The Balaban J connectivity index is 3.12. The highest BCUT2D eigenvalue weighted by molar-refractivity contribution is 6.30. The minimum Gasteiger partial charge on any atom is -0.496 e. The molecule has 1 aromatic carbocycles. The van der Waals surface area contributed by atoms with E-state index in [4.69, 9.17) is 27.2 Å². The van der Waals surface area contributed by atoms with Gasteiger partial charge in [0.15, 0.2) is 0 Å². The number of benzene rings is 1. The van der Waals surface area contributed by atoms with E-state index in [1.54, 1.807) is 13.2 Å². The highest BCUT2D eigenvalue weighted by Gasteiger charge is 2.17. The summed E-state index contributed by atoms with van der Waals surface area (Å²) in [4.78, 5) is 10.7. The maximum atomic E-state index is 10.7. The maximum absolute atomic E-state index is 10.7. The van der Waals surface area contributed by atoms with Crippen LogP contribution < -0.4 is 10.5 Å². The molecule has 17 heavy (non-hydrogen) atoms. The Kier molecular flexibility index (Phi) is 4.78. The van der Waals surface area contributed by atoms with Gasteiger partial charge in [-0.05, 0) is 29.7 Å². The molecule has 1 rings (SSSR count). The van der Waals surface area contributed by atoms with E-state index in [2.05, 4.69) is 0 Å². The molecule has 0 radical (unpaired) electrons. The molecular formula is C12H16ClNO3. The van der Waals surface area contributed by atoms with Gasteiger partial charge in [0.05, 0.1) is 7.11 Å². The zero-order valence-corrected chi connectivity index (χ0v) is 10.6. The van der Waals surface area contributed by atoms with Gasteiger partial charge >= 0.3 is 5.97 Å². The molecule has 0 spiro atoms.